The lowest BCUT2D eigenvalue weighted by atomic mass is 10.2. The average Bonchev–Trinajstić information content (AvgIpc) is 2.99. The molecule has 0 spiro atoms. The second kappa shape index (κ2) is 10.7. The molecule has 1 amide bonds. The molecule has 0 saturated carbocycles. The summed E-state index contributed by atoms with van der Waals surface area (Å²) in [5.74, 6) is -0.377. The number of hydrogen-bond donors (Lipinski definition) is 5. The third-order valence-electron chi connectivity index (χ3n) is 3.87. The van der Waals surface area contributed by atoms with Crippen molar-refractivity contribution in [1.82, 2.24) is 16.0 Å². The van der Waals surface area contributed by atoms with Crippen LogP contribution in [0.15, 0.2) is 42.6 Å². The molecule has 1 fully saturated rings. The Kier molecular flexibility index (Phi) is 8.23. The highest BCUT2D eigenvalue weighted by Gasteiger charge is 2.32. The van der Waals surface area contributed by atoms with Crippen LogP contribution in [0.25, 0.3) is 0 Å². The summed E-state index contributed by atoms with van der Waals surface area (Å²) in [7, 11) is 1.63. The molecule has 1 aromatic carbocycles. The van der Waals surface area contributed by atoms with Crippen molar-refractivity contribution < 1.29 is 19.4 Å². The fourth-order valence-corrected chi connectivity index (χ4v) is 2.50. The largest absolute Gasteiger partial charge is 0.390 e. The molecule has 0 aliphatic carbocycles. The molecule has 26 heavy (non-hydrogen) atoms. The lowest BCUT2D eigenvalue weighted by Gasteiger charge is -2.15. The molecule has 142 valence electrons. The highest BCUT2D eigenvalue weighted by atomic mass is 16.5. The van der Waals surface area contributed by atoms with Gasteiger partial charge in [-0.2, -0.15) is 0 Å². The molecule has 0 unspecified atom stereocenters. The number of aliphatic hydroxyl groups excluding tert-OH is 1. The van der Waals surface area contributed by atoms with Crippen LogP contribution in [0.4, 0.5) is 0 Å². The van der Waals surface area contributed by atoms with Gasteiger partial charge < -0.3 is 30.5 Å². The molecule has 5 N–H and O–H groups in total. The number of amidine groups is 1. The van der Waals surface area contributed by atoms with Crippen LogP contribution in [0.1, 0.15) is 16.8 Å². The SMILES string of the molecule is COCCNC[C@H]1O[C@@H](N/C=C\C(=N)NC(=O)c2ccccc2)C[C@@H]1O. The van der Waals surface area contributed by atoms with Crippen molar-refractivity contribution in [2.75, 3.05) is 26.8 Å². The normalized spacial score (nSPS) is 22.5. The second-order valence-electron chi connectivity index (χ2n) is 5.90. The van der Waals surface area contributed by atoms with Gasteiger partial charge in [0.05, 0.1) is 18.8 Å². The predicted molar refractivity (Wildman–Crippen MR) is 97.9 cm³/mol. The minimum Gasteiger partial charge on any atom is -0.390 e. The number of amides is 1. The van der Waals surface area contributed by atoms with Crippen LogP contribution < -0.4 is 16.0 Å². The van der Waals surface area contributed by atoms with E-state index in [9.17, 15) is 9.90 Å². The first-order chi connectivity index (χ1) is 12.6. The number of aliphatic hydroxyl groups is 1. The minimum absolute atomic E-state index is 0.0392. The molecule has 3 atom stereocenters. The standard InChI is InChI=1S/C18H26N4O4/c1-25-10-9-20-12-15-14(23)11-17(26-15)21-8-7-16(19)22-18(24)13-5-3-2-4-6-13/h2-8,14-15,17,20-21,23H,9-12H2,1H3,(H2,19,22,24)/b8-7-/t14-,15+,17+/m0/s1. The van der Waals surface area contributed by atoms with Gasteiger partial charge in [-0.1, -0.05) is 18.2 Å². The Morgan fingerprint density at radius 2 is 2.19 bits per heavy atom. The quantitative estimate of drug-likeness (QED) is 0.244. The smallest absolute Gasteiger partial charge is 0.256 e. The first kappa shape index (κ1) is 20.1. The number of carbonyl (C=O) groups is 1. The Labute approximate surface area is 153 Å². The van der Waals surface area contributed by atoms with Gasteiger partial charge in [-0.15, -0.1) is 0 Å². The van der Waals surface area contributed by atoms with Crippen LogP contribution in [0.2, 0.25) is 0 Å². The number of nitrogens with one attached hydrogen (secondary N) is 4. The van der Waals surface area contributed by atoms with E-state index >= 15 is 0 Å². The topological polar surface area (TPSA) is 116 Å². The van der Waals surface area contributed by atoms with Gasteiger partial charge in [0.1, 0.15) is 12.1 Å². The lowest BCUT2D eigenvalue weighted by Crippen LogP contribution is -2.35. The minimum atomic E-state index is -0.562. The molecule has 2 rings (SSSR count). The third-order valence-corrected chi connectivity index (χ3v) is 3.87. The maximum atomic E-state index is 11.9. The van der Waals surface area contributed by atoms with Crippen molar-refractivity contribution >= 4 is 11.7 Å². The lowest BCUT2D eigenvalue weighted by molar-refractivity contribution is 0.00377. The van der Waals surface area contributed by atoms with E-state index in [0.717, 1.165) is 0 Å². The van der Waals surface area contributed by atoms with E-state index in [1.807, 2.05) is 6.07 Å². The van der Waals surface area contributed by atoms with Gasteiger partial charge in [-0.05, 0) is 18.2 Å². The van der Waals surface area contributed by atoms with Gasteiger partial charge in [0.15, 0.2) is 0 Å². The summed E-state index contributed by atoms with van der Waals surface area (Å²) in [4.78, 5) is 11.9. The first-order valence-corrected chi connectivity index (χ1v) is 8.51. The molecule has 0 bridgehead atoms. The summed E-state index contributed by atoms with van der Waals surface area (Å²) in [5, 5.41) is 26.4. The maximum Gasteiger partial charge on any atom is 0.256 e. The van der Waals surface area contributed by atoms with E-state index in [-0.39, 0.29) is 24.1 Å². The molecule has 1 aliphatic heterocycles. The summed E-state index contributed by atoms with van der Waals surface area (Å²) >= 11 is 0. The number of carbonyl (C=O) groups excluding carboxylic acids is 1. The van der Waals surface area contributed by atoms with Gasteiger partial charge in [0.25, 0.3) is 5.91 Å². The summed E-state index contributed by atoms with van der Waals surface area (Å²) in [6, 6.07) is 8.71. The molecule has 8 nitrogen and oxygen atoms in total. The van der Waals surface area contributed by atoms with Crippen LogP contribution >= 0.6 is 0 Å². The van der Waals surface area contributed by atoms with Gasteiger partial charge >= 0.3 is 0 Å². The van der Waals surface area contributed by atoms with E-state index in [1.165, 1.54) is 12.3 Å². The Balaban J connectivity index is 1.69. The summed E-state index contributed by atoms with van der Waals surface area (Å²) in [6.07, 6.45) is 2.22. The molecule has 8 heteroatoms. The Hall–Kier alpha value is -2.26. The third kappa shape index (κ3) is 6.57. The van der Waals surface area contributed by atoms with Gasteiger partial charge in [-0.25, -0.2) is 0 Å². The van der Waals surface area contributed by atoms with Crippen molar-refractivity contribution in [2.24, 2.45) is 0 Å². The molecule has 0 aromatic heterocycles. The van der Waals surface area contributed by atoms with Crippen LogP contribution in [0.5, 0.6) is 0 Å². The van der Waals surface area contributed by atoms with Crippen molar-refractivity contribution in [3.05, 3.63) is 48.2 Å². The van der Waals surface area contributed by atoms with Crippen LogP contribution in [-0.2, 0) is 9.47 Å². The van der Waals surface area contributed by atoms with E-state index < -0.39 is 6.10 Å². The Bertz CT molecular complexity index is 608. The van der Waals surface area contributed by atoms with Crippen molar-refractivity contribution in [3.8, 4) is 0 Å². The zero-order valence-electron chi connectivity index (χ0n) is 14.8. The van der Waals surface area contributed by atoms with Gasteiger partial charge in [0.2, 0.25) is 0 Å². The zero-order valence-corrected chi connectivity index (χ0v) is 14.8. The van der Waals surface area contributed by atoms with Crippen molar-refractivity contribution in [1.29, 1.82) is 5.41 Å². The molecule has 1 aliphatic rings. The van der Waals surface area contributed by atoms with E-state index in [4.69, 9.17) is 14.9 Å². The average molecular weight is 362 g/mol. The highest BCUT2D eigenvalue weighted by molar-refractivity contribution is 6.08. The molecule has 1 heterocycles. The summed E-state index contributed by atoms with van der Waals surface area (Å²) in [6.45, 7) is 1.83. The molecular formula is C18H26N4O4. The van der Waals surface area contributed by atoms with E-state index in [2.05, 4.69) is 16.0 Å². The van der Waals surface area contributed by atoms with Crippen LogP contribution in [-0.4, -0.2) is 62.1 Å². The number of rotatable bonds is 9. The monoisotopic (exact) mass is 362 g/mol. The first-order valence-electron chi connectivity index (χ1n) is 8.51. The fourth-order valence-electron chi connectivity index (χ4n) is 2.50. The van der Waals surface area contributed by atoms with Crippen molar-refractivity contribution in [2.45, 2.75) is 24.9 Å². The molecule has 1 saturated heterocycles. The van der Waals surface area contributed by atoms with E-state index in [1.54, 1.807) is 31.4 Å². The fraction of sp³-hybridized carbons (Fsp3) is 0.444. The molecule has 1 aromatic rings. The molecule has 0 radical (unpaired) electrons. The van der Waals surface area contributed by atoms with E-state index in [0.29, 0.717) is 31.7 Å². The Morgan fingerprint density at radius 3 is 2.92 bits per heavy atom. The summed E-state index contributed by atoms with van der Waals surface area (Å²) in [5.41, 5.74) is 0.490. The van der Waals surface area contributed by atoms with Crippen molar-refractivity contribution in [3.63, 3.8) is 0 Å². The second-order valence-corrected chi connectivity index (χ2v) is 5.90. The van der Waals surface area contributed by atoms with Gasteiger partial charge in [-0.3, -0.25) is 10.2 Å². The summed E-state index contributed by atoms with van der Waals surface area (Å²) < 4.78 is 10.7. The number of ether oxygens (including phenoxy) is 2. The van der Waals surface area contributed by atoms with Gasteiger partial charge in [0, 0.05) is 38.4 Å². The number of benzene rings is 1. The highest BCUT2D eigenvalue weighted by Crippen LogP contribution is 2.18. The predicted octanol–water partition coefficient (Wildman–Crippen LogP) is 0.209. The number of methoxy groups -OCH3 is 1. The number of hydrogen-bond acceptors (Lipinski definition) is 7. The maximum absolute atomic E-state index is 11.9. The Morgan fingerprint density at radius 1 is 1.42 bits per heavy atom. The van der Waals surface area contributed by atoms with Crippen LogP contribution in [0, 0.1) is 5.41 Å². The zero-order chi connectivity index (χ0) is 18.8. The van der Waals surface area contributed by atoms with Crippen LogP contribution in [0.3, 0.4) is 0 Å². The molecular weight excluding hydrogens is 336 g/mol.